The molecule has 0 aliphatic rings. The Morgan fingerprint density at radius 2 is 0.840 bits per heavy atom. The number of hydrogen-bond donors (Lipinski definition) is 0. The molecular formula is C45H27N3OS. The highest BCUT2D eigenvalue weighted by Crippen LogP contribution is 2.37. The number of fused-ring (bicyclic) bond motifs is 6. The average Bonchev–Trinajstić information content (AvgIpc) is 3.76. The summed E-state index contributed by atoms with van der Waals surface area (Å²) in [6.45, 7) is 0. The van der Waals surface area contributed by atoms with Gasteiger partial charge in [-0.05, 0) is 58.7 Å². The molecule has 0 radical (unpaired) electrons. The Morgan fingerprint density at radius 3 is 1.68 bits per heavy atom. The van der Waals surface area contributed by atoms with E-state index in [4.69, 9.17) is 19.4 Å². The summed E-state index contributed by atoms with van der Waals surface area (Å²) in [6.07, 6.45) is 0. The molecule has 0 aliphatic carbocycles. The summed E-state index contributed by atoms with van der Waals surface area (Å²) in [5.41, 5.74) is 8.96. The summed E-state index contributed by atoms with van der Waals surface area (Å²) in [5, 5.41) is 4.75. The van der Waals surface area contributed by atoms with Crippen LogP contribution in [0.2, 0.25) is 0 Å². The lowest BCUT2D eigenvalue weighted by Gasteiger charge is -2.10. The van der Waals surface area contributed by atoms with E-state index in [1.807, 2.05) is 41.7 Å². The van der Waals surface area contributed by atoms with Crippen LogP contribution in [0.1, 0.15) is 0 Å². The molecular weight excluding hydrogens is 631 g/mol. The lowest BCUT2D eigenvalue weighted by molar-refractivity contribution is 0.669. The van der Waals surface area contributed by atoms with Crippen molar-refractivity contribution in [2.24, 2.45) is 0 Å². The summed E-state index contributed by atoms with van der Waals surface area (Å²) in [7, 11) is 0. The van der Waals surface area contributed by atoms with Crippen molar-refractivity contribution >= 4 is 53.4 Å². The molecule has 10 aromatic rings. The number of hydrogen-bond acceptors (Lipinski definition) is 5. The van der Waals surface area contributed by atoms with Crippen LogP contribution in [0.4, 0.5) is 0 Å². The smallest absolute Gasteiger partial charge is 0.164 e. The van der Waals surface area contributed by atoms with E-state index in [0.29, 0.717) is 17.5 Å². The molecule has 4 nitrogen and oxygen atoms in total. The van der Waals surface area contributed by atoms with Crippen molar-refractivity contribution in [3.05, 3.63) is 164 Å². The Labute approximate surface area is 292 Å². The van der Waals surface area contributed by atoms with Crippen LogP contribution in [0, 0.1) is 0 Å². The van der Waals surface area contributed by atoms with Gasteiger partial charge in [-0.3, -0.25) is 0 Å². The van der Waals surface area contributed by atoms with Gasteiger partial charge < -0.3 is 4.42 Å². The number of nitrogens with zero attached hydrogens (tertiary/aromatic N) is 3. The minimum atomic E-state index is 0.594. The van der Waals surface area contributed by atoms with E-state index < -0.39 is 0 Å². The van der Waals surface area contributed by atoms with E-state index in [9.17, 15) is 0 Å². The zero-order valence-corrected chi connectivity index (χ0v) is 27.6. The minimum Gasteiger partial charge on any atom is -0.456 e. The zero-order valence-electron chi connectivity index (χ0n) is 26.7. The maximum Gasteiger partial charge on any atom is 0.164 e. The first-order valence-corrected chi connectivity index (χ1v) is 17.4. The predicted octanol–water partition coefficient (Wildman–Crippen LogP) is 12.5. The number of furan rings is 1. The molecule has 0 unspecified atom stereocenters. The molecule has 0 atom stereocenters. The van der Waals surface area contributed by atoms with Gasteiger partial charge >= 0.3 is 0 Å². The van der Waals surface area contributed by atoms with Crippen LogP contribution in [0.3, 0.4) is 0 Å². The highest BCUT2D eigenvalue weighted by Gasteiger charge is 2.16. The SMILES string of the molecule is c1ccc(-c2ccc(-c3nc(-c4cccc(-c5ccc6c(c5)sc5ccccc56)c4)nc(-c4ccc5c(c4)oc4ccccc45)n3)cc2)cc1. The first-order chi connectivity index (χ1) is 24.7. The van der Waals surface area contributed by atoms with E-state index >= 15 is 0 Å². The number of para-hydroxylation sites is 1. The van der Waals surface area contributed by atoms with Crippen molar-refractivity contribution < 1.29 is 4.42 Å². The van der Waals surface area contributed by atoms with Gasteiger partial charge in [0.15, 0.2) is 17.5 Å². The highest BCUT2D eigenvalue weighted by atomic mass is 32.1. The minimum absolute atomic E-state index is 0.594. The fraction of sp³-hybridized carbons (Fsp3) is 0. The topological polar surface area (TPSA) is 51.8 Å². The van der Waals surface area contributed by atoms with Gasteiger partial charge in [0.2, 0.25) is 0 Å². The maximum atomic E-state index is 6.24. The van der Waals surface area contributed by atoms with Crippen LogP contribution < -0.4 is 0 Å². The molecule has 0 bridgehead atoms. The second kappa shape index (κ2) is 11.6. The molecule has 3 heterocycles. The van der Waals surface area contributed by atoms with Crippen molar-refractivity contribution in [1.29, 1.82) is 0 Å². The maximum absolute atomic E-state index is 6.24. The fourth-order valence-corrected chi connectivity index (χ4v) is 7.96. The van der Waals surface area contributed by atoms with E-state index in [1.54, 1.807) is 0 Å². The van der Waals surface area contributed by atoms with Gasteiger partial charge in [-0.1, -0.05) is 127 Å². The Bertz CT molecular complexity index is 2870. The Morgan fingerprint density at radius 1 is 0.320 bits per heavy atom. The molecule has 234 valence electrons. The third kappa shape index (κ3) is 4.95. The largest absolute Gasteiger partial charge is 0.456 e. The van der Waals surface area contributed by atoms with Crippen molar-refractivity contribution in [3.8, 4) is 56.4 Å². The Hall–Kier alpha value is -6.43. The van der Waals surface area contributed by atoms with Crippen LogP contribution in [0.5, 0.6) is 0 Å². The summed E-state index contributed by atoms with van der Waals surface area (Å²) in [4.78, 5) is 15.2. The van der Waals surface area contributed by atoms with Gasteiger partial charge in [0, 0.05) is 47.6 Å². The average molecular weight is 658 g/mol. The van der Waals surface area contributed by atoms with Crippen molar-refractivity contribution in [1.82, 2.24) is 15.0 Å². The van der Waals surface area contributed by atoms with Crippen LogP contribution >= 0.6 is 11.3 Å². The van der Waals surface area contributed by atoms with Crippen LogP contribution in [-0.2, 0) is 0 Å². The normalized spacial score (nSPS) is 11.6. The molecule has 3 aromatic heterocycles. The third-order valence-electron chi connectivity index (χ3n) is 9.36. The standard InChI is InChI=1S/C45H27N3OS/c1-2-9-28(10-3-1)29-17-19-30(20-18-29)43-46-44(48-45(47-43)34-22-23-36-35-13-4-6-15-39(35)49-40(36)26-34)33-12-8-11-31(25-33)32-21-24-38-37-14-5-7-16-41(37)50-42(38)27-32/h1-27H. The van der Waals surface area contributed by atoms with Gasteiger partial charge in [0.25, 0.3) is 0 Å². The van der Waals surface area contributed by atoms with Gasteiger partial charge in [0.05, 0.1) is 0 Å². The van der Waals surface area contributed by atoms with E-state index in [1.165, 1.54) is 25.7 Å². The van der Waals surface area contributed by atoms with Crippen LogP contribution in [0.25, 0.3) is 98.5 Å². The zero-order chi connectivity index (χ0) is 33.0. The molecule has 10 rings (SSSR count). The molecule has 0 fully saturated rings. The quantitative estimate of drug-likeness (QED) is 0.185. The molecule has 0 amide bonds. The summed E-state index contributed by atoms with van der Waals surface area (Å²) in [6, 6.07) is 57.0. The second-order valence-corrected chi connectivity index (χ2v) is 13.5. The van der Waals surface area contributed by atoms with E-state index in [2.05, 4.69) is 133 Å². The molecule has 50 heavy (non-hydrogen) atoms. The number of benzene rings is 7. The molecule has 0 spiro atoms. The molecule has 5 heteroatoms. The molecule has 0 saturated heterocycles. The fourth-order valence-electron chi connectivity index (χ4n) is 6.81. The highest BCUT2D eigenvalue weighted by molar-refractivity contribution is 7.25. The van der Waals surface area contributed by atoms with Crippen molar-refractivity contribution in [3.63, 3.8) is 0 Å². The number of rotatable bonds is 5. The van der Waals surface area contributed by atoms with Crippen LogP contribution in [0.15, 0.2) is 168 Å². The van der Waals surface area contributed by atoms with Gasteiger partial charge in [-0.15, -0.1) is 11.3 Å². The Kier molecular flexibility index (Phi) is 6.64. The van der Waals surface area contributed by atoms with Crippen LogP contribution in [-0.4, -0.2) is 15.0 Å². The first-order valence-electron chi connectivity index (χ1n) is 16.6. The monoisotopic (exact) mass is 657 g/mol. The van der Waals surface area contributed by atoms with E-state index in [-0.39, 0.29) is 0 Å². The molecule has 0 N–H and O–H groups in total. The summed E-state index contributed by atoms with van der Waals surface area (Å²) >= 11 is 1.83. The summed E-state index contributed by atoms with van der Waals surface area (Å²) < 4.78 is 8.82. The second-order valence-electron chi connectivity index (χ2n) is 12.4. The van der Waals surface area contributed by atoms with Gasteiger partial charge in [-0.25, -0.2) is 15.0 Å². The molecule has 7 aromatic carbocycles. The van der Waals surface area contributed by atoms with Gasteiger partial charge in [-0.2, -0.15) is 0 Å². The van der Waals surface area contributed by atoms with E-state index in [0.717, 1.165) is 55.3 Å². The summed E-state index contributed by atoms with van der Waals surface area (Å²) in [5.74, 6) is 1.83. The van der Waals surface area contributed by atoms with Gasteiger partial charge in [0.1, 0.15) is 11.2 Å². The first kappa shape index (κ1) is 28.6. The van der Waals surface area contributed by atoms with Crippen molar-refractivity contribution in [2.75, 3.05) is 0 Å². The number of aromatic nitrogens is 3. The third-order valence-corrected chi connectivity index (χ3v) is 10.5. The predicted molar refractivity (Wildman–Crippen MR) is 207 cm³/mol. The van der Waals surface area contributed by atoms with Crippen molar-refractivity contribution in [2.45, 2.75) is 0 Å². The molecule has 0 saturated carbocycles. The lowest BCUT2D eigenvalue weighted by Crippen LogP contribution is -2.00. The molecule has 0 aliphatic heterocycles. The Balaban J connectivity index is 1.10. The lowest BCUT2D eigenvalue weighted by atomic mass is 10.0. The number of thiophene rings is 1.